The van der Waals surface area contributed by atoms with Gasteiger partial charge in [-0.05, 0) is 13.8 Å². The average molecular weight is 361 g/mol. The molecule has 26 heavy (non-hydrogen) atoms. The summed E-state index contributed by atoms with van der Waals surface area (Å²) in [6, 6.07) is 1.97. The molecule has 3 rings (SSSR count). The van der Waals surface area contributed by atoms with Gasteiger partial charge >= 0.3 is 6.09 Å². The van der Waals surface area contributed by atoms with Crippen LogP contribution in [-0.2, 0) is 9.53 Å². The van der Waals surface area contributed by atoms with E-state index in [1.54, 1.807) is 11.4 Å². The van der Waals surface area contributed by atoms with Crippen molar-refractivity contribution >= 4 is 23.6 Å². The summed E-state index contributed by atoms with van der Waals surface area (Å²) >= 11 is 0. The number of hydrogen-bond acceptors (Lipinski definition) is 7. The molecule has 0 aliphatic carbocycles. The summed E-state index contributed by atoms with van der Waals surface area (Å²) in [5, 5.41) is 6.80. The van der Waals surface area contributed by atoms with Crippen molar-refractivity contribution in [3.63, 3.8) is 0 Å². The van der Waals surface area contributed by atoms with E-state index in [1.165, 1.54) is 6.33 Å². The molecule has 140 valence electrons. The molecule has 0 saturated carbocycles. The molecule has 0 spiro atoms. The number of amides is 2. The quantitative estimate of drug-likeness (QED) is 0.812. The maximum absolute atomic E-state index is 12.3. The van der Waals surface area contributed by atoms with E-state index in [0.717, 1.165) is 11.5 Å². The second-order valence-corrected chi connectivity index (χ2v) is 5.99. The maximum atomic E-state index is 12.3. The zero-order chi connectivity index (χ0) is 18.5. The third kappa shape index (κ3) is 4.01. The Bertz CT molecular complexity index is 783. The van der Waals surface area contributed by atoms with E-state index in [-0.39, 0.29) is 18.9 Å². The highest BCUT2D eigenvalue weighted by Crippen LogP contribution is 2.18. The number of carbonyl (C=O) groups is 2. The van der Waals surface area contributed by atoms with E-state index in [9.17, 15) is 9.59 Å². The summed E-state index contributed by atoms with van der Waals surface area (Å²) < 4.78 is 6.49. The Hall–Kier alpha value is -2.91. The van der Waals surface area contributed by atoms with Crippen LogP contribution in [0.5, 0.6) is 0 Å². The summed E-state index contributed by atoms with van der Waals surface area (Å²) in [5.41, 5.74) is 0.879. The lowest BCUT2D eigenvalue weighted by Gasteiger charge is -2.36. The fraction of sp³-hybridized carbons (Fsp3) is 0.562. The molecule has 1 aliphatic rings. The molecule has 0 atom stereocenters. The van der Waals surface area contributed by atoms with E-state index in [0.29, 0.717) is 38.6 Å². The first-order chi connectivity index (χ1) is 12.6. The van der Waals surface area contributed by atoms with Gasteiger partial charge in [0.1, 0.15) is 12.1 Å². The largest absolute Gasteiger partial charge is 0.450 e. The van der Waals surface area contributed by atoms with Crippen LogP contribution < -0.4 is 10.2 Å². The standard InChI is InChI=1S/C16H23N7O3/c1-3-26-16(25)17-5-4-14(24)22-8-6-21(7-9-22)13-10-12(2)20-15-18-11-19-23(13)15/h10-11H,3-9H2,1-2H3,(H,17,25). The van der Waals surface area contributed by atoms with Crippen molar-refractivity contribution in [1.82, 2.24) is 29.8 Å². The second-order valence-electron chi connectivity index (χ2n) is 5.99. The number of hydrogen-bond donors (Lipinski definition) is 1. The molecule has 10 nitrogen and oxygen atoms in total. The van der Waals surface area contributed by atoms with E-state index in [1.807, 2.05) is 17.9 Å². The molecule has 2 aromatic rings. The highest BCUT2D eigenvalue weighted by molar-refractivity contribution is 5.77. The zero-order valence-electron chi connectivity index (χ0n) is 15.0. The van der Waals surface area contributed by atoms with Crippen LogP contribution in [0.2, 0.25) is 0 Å². The number of ether oxygens (including phenoxy) is 1. The molecule has 3 heterocycles. The topological polar surface area (TPSA) is 105 Å². The van der Waals surface area contributed by atoms with Crippen molar-refractivity contribution in [3.8, 4) is 0 Å². The molecule has 0 aromatic carbocycles. The van der Waals surface area contributed by atoms with Gasteiger partial charge in [0.05, 0.1) is 6.61 Å². The molecule has 0 radical (unpaired) electrons. The summed E-state index contributed by atoms with van der Waals surface area (Å²) in [6.07, 6.45) is 1.26. The number of rotatable bonds is 5. The van der Waals surface area contributed by atoms with Crippen LogP contribution >= 0.6 is 0 Å². The van der Waals surface area contributed by atoms with Gasteiger partial charge in [-0.15, -0.1) is 0 Å². The molecular weight excluding hydrogens is 338 g/mol. The molecule has 2 amide bonds. The normalized spacial score (nSPS) is 14.5. The smallest absolute Gasteiger partial charge is 0.407 e. The summed E-state index contributed by atoms with van der Waals surface area (Å²) in [5.74, 6) is 1.53. The van der Waals surface area contributed by atoms with Gasteiger partial charge in [-0.1, -0.05) is 0 Å². The van der Waals surface area contributed by atoms with Gasteiger partial charge in [0, 0.05) is 50.9 Å². The van der Waals surface area contributed by atoms with Crippen molar-refractivity contribution in [2.45, 2.75) is 20.3 Å². The highest BCUT2D eigenvalue weighted by atomic mass is 16.5. The number of carbonyl (C=O) groups excluding carboxylic acids is 2. The van der Waals surface area contributed by atoms with Crippen LogP contribution in [0, 0.1) is 6.92 Å². The Morgan fingerprint density at radius 1 is 1.27 bits per heavy atom. The highest BCUT2D eigenvalue weighted by Gasteiger charge is 2.23. The summed E-state index contributed by atoms with van der Waals surface area (Å²) in [4.78, 5) is 36.0. The van der Waals surface area contributed by atoms with Crippen LogP contribution in [-0.4, -0.2) is 75.8 Å². The summed E-state index contributed by atoms with van der Waals surface area (Å²) in [7, 11) is 0. The zero-order valence-corrected chi connectivity index (χ0v) is 15.0. The van der Waals surface area contributed by atoms with Crippen molar-refractivity contribution < 1.29 is 14.3 Å². The predicted octanol–water partition coefficient (Wildman–Crippen LogP) is 0.218. The van der Waals surface area contributed by atoms with Crippen LogP contribution in [0.4, 0.5) is 10.6 Å². The van der Waals surface area contributed by atoms with E-state index >= 15 is 0 Å². The molecule has 0 bridgehead atoms. The minimum Gasteiger partial charge on any atom is -0.450 e. The lowest BCUT2D eigenvalue weighted by atomic mass is 10.2. The number of fused-ring (bicyclic) bond motifs is 1. The van der Waals surface area contributed by atoms with Crippen molar-refractivity contribution in [2.75, 3.05) is 44.2 Å². The number of nitrogens with one attached hydrogen (secondary N) is 1. The molecule has 1 fully saturated rings. The third-order valence-electron chi connectivity index (χ3n) is 4.20. The Balaban J connectivity index is 1.53. The summed E-state index contributed by atoms with van der Waals surface area (Å²) in [6.45, 7) is 6.91. The van der Waals surface area contributed by atoms with Gasteiger partial charge < -0.3 is 19.9 Å². The van der Waals surface area contributed by atoms with Gasteiger partial charge in [-0.2, -0.15) is 14.6 Å². The van der Waals surface area contributed by atoms with Gasteiger partial charge in [0.15, 0.2) is 0 Å². The number of nitrogens with zero attached hydrogens (tertiary/aromatic N) is 6. The molecule has 2 aromatic heterocycles. The van der Waals surface area contributed by atoms with Gasteiger partial charge in [-0.3, -0.25) is 4.79 Å². The van der Waals surface area contributed by atoms with E-state index in [2.05, 4.69) is 25.3 Å². The molecule has 1 N–H and O–H groups in total. The Morgan fingerprint density at radius 2 is 2.04 bits per heavy atom. The molecule has 0 unspecified atom stereocenters. The van der Waals surface area contributed by atoms with Crippen molar-refractivity contribution in [2.24, 2.45) is 0 Å². The van der Waals surface area contributed by atoms with Crippen LogP contribution in [0.3, 0.4) is 0 Å². The predicted molar refractivity (Wildman–Crippen MR) is 94.0 cm³/mol. The lowest BCUT2D eigenvalue weighted by molar-refractivity contribution is -0.131. The first-order valence-electron chi connectivity index (χ1n) is 8.69. The minimum atomic E-state index is -0.491. The van der Waals surface area contributed by atoms with E-state index < -0.39 is 6.09 Å². The third-order valence-corrected chi connectivity index (χ3v) is 4.20. The number of alkyl carbamates (subject to hydrolysis) is 1. The average Bonchev–Trinajstić information content (AvgIpc) is 3.09. The maximum Gasteiger partial charge on any atom is 0.407 e. The first-order valence-corrected chi connectivity index (χ1v) is 8.69. The Labute approximate surface area is 151 Å². The number of anilines is 1. The fourth-order valence-corrected chi connectivity index (χ4v) is 2.93. The minimum absolute atomic E-state index is 0.0262. The molecule has 1 aliphatic heterocycles. The lowest BCUT2D eigenvalue weighted by Crippen LogP contribution is -2.49. The number of aryl methyl sites for hydroxylation is 1. The SMILES string of the molecule is CCOC(=O)NCCC(=O)N1CCN(c2cc(C)nc3ncnn23)CC1. The van der Waals surface area contributed by atoms with Gasteiger partial charge in [0.25, 0.3) is 5.78 Å². The fourth-order valence-electron chi connectivity index (χ4n) is 2.93. The van der Waals surface area contributed by atoms with Gasteiger partial charge in [-0.25, -0.2) is 9.78 Å². The second kappa shape index (κ2) is 7.98. The number of aromatic nitrogens is 4. The van der Waals surface area contributed by atoms with Crippen LogP contribution in [0.25, 0.3) is 5.78 Å². The Morgan fingerprint density at radius 3 is 2.77 bits per heavy atom. The van der Waals surface area contributed by atoms with Gasteiger partial charge in [0.2, 0.25) is 5.91 Å². The Kier molecular flexibility index (Phi) is 5.49. The van der Waals surface area contributed by atoms with Crippen LogP contribution in [0.15, 0.2) is 12.4 Å². The number of piperazine rings is 1. The van der Waals surface area contributed by atoms with Crippen molar-refractivity contribution in [1.29, 1.82) is 0 Å². The molecule has 10 heteroatoms. The molecule has 1 saturated heterocycles. The van der Waals surface area contributed by atoms with E-state index in [4.69, 9.17) is 4.74 Å². The first kappa shape index (κ1) is 17.9. The van der Waals surface area contributed by atoms with Crippen molar-refractivity contribution in [3.05, 3.63) is 18.1 Å². The van der Waals surface area contributed by atoms with Crippen LogP contribution in [0.1, 0.15) is 19.0 Å². The monoisotopic (exact) mass is 361 g/mol. The molecular formula is C16H23N7O3.